The highest BCUT2D eigenvalue weighted by atomic mass is 16.1. The number of piperazine rings is 1. The quantitative estimate of drug-likeness (QED) is 0.641. The minimum absolute atomic E-state index is 0.0854. The summed E-state index contributed by atoms with van der Waals surface area (Å²) in [6.07, 6.45) is 0.936. The van der Waals surface area contributed by atoms with E-state index in [4.69, 9.17) is 0 Å². The molecule has 1 N–H and O–H groups in total. The van der Waals surface area contributed by atoms with E-state index in [0.29, 0.717) is 17.8 Å². The Balaban J connectivity index is 1.52. The average molecular weight is 404 g/mol. The normalized spacial score (nSPS) is 15.4. The third-order valence-corrected chi connectivity index (χ3v) is 5.72. The van der Waals surface area contributed by atoms with Crippen LogP contribution in [0.3, 0.4) is 0 Å². The molecular formula is C24H29N5O. The summed E-state index contributed by atoms with van der Waals surface area (Å²) in [6.45, 7) is 8.10. The average Bonchev–Trinajstić information content (AvgIpc) is 2.77. The lowest BCUT2D eigenvalue weighted by Gasteiger charge is -2.32. The summed E-state index contributed by atoms with van der Waals surface area (Å²) < 4.78 is 0. The molecule has 1 saturated heterocycles. The maximum absolute atomic E-state index is 13.3. The molecule has 2 heterocycles. The number of hydrogen-bond donors (Lipinski definition) is 1. The van der Waals surface area contributed by atoms with Crippen LogP contribution in [0.1, 0.15) is 22.3 Å². The van der Waals surface area contributed by atoms with Crippen molar-refractivity contribution in [3.8, 4) is 11.3 Å². The summed E-state index contributed by atoms with van der Waals surface area (Å²) >= 11 is 0. The lowest BCUT2D eigenvalue weighted by molar-refractivity contribution is 0.0951. The highest BCUT2D eigenvalue weighted by Crippen LogP contribution is 2.27. The molecule has 1 aliphatic heterocycles. The Bertz CT molecular complexity index is 1010. The number of carbonyl (C=O) groups excluding carboxylic acids is 1. The first-order valence-corrected chi connectivity index (χ1v) is 10.6. The van der Waals surface area contributed by atoms with E-state index in [9.17, 15) is 4.79 Å². The van der Waals surface area contributed by atoms with E-state index in [-0.39, 0.29) is 5.91 Å². The smallest absolute Gasteiger partial charge is 0.254 e. The Morgan fingerprint density at radius 1 is 1.03 bits per heavy atom. The Hall–Kier alpha value is -2.83. The van der Waals surface area contributed by atoms with Crippen LogP contribution in [0.25, 0.3) is 22.2 Å². The first-order valence-electron chi connectivity index (χ1n) is 10.6. The zero-order valence-electron chi connectivity index (χ0n) is 17.8. The van der Waals surface area contributed by atoms with Crippen molar-refractivity contribution in [2.45, 2.75) is 13.3 Å². The monoisotopic (exact) mass is 403 g/mol. The number of hydrogen-bond acceptors (Lipinski definition) is 5. The van der Waals surface area contributed by atoms with Gasteiger partial charge in [-0.25, -0.2) is 0 Å². The third-order valence-electron chi connectivity index (χ3n) is 5.72. The zero-order valence-corrected chi connectivity index (χ0v) is 17.8. The van der Waals surface area contributed by atoms with E-state index in [1.165, 1.54) is 0 Å². The highest BCUT2D eigenvalue weighted by molar-refractivity contribution is 6.10. The molecule has 0 atom stereocenters. The summed E-state index contributed by atoms with van der Waals surface area (Å²) in [5, 5.41) is 12.8. The highest BCUT2D eigenvalue weighted by Gasteiger charge is 2.19. The van der Waals surface area contributed by atoms with Crippen LogP contribution in [0.4, 0.5) is 0 Å². The molecule has 3 aromatic rings. The van der Waals surface area contributed by atoms with Gasteiger partial charge in [-0.2, -0.15) is 0 Å². The summed E-state index contributed by atoms with van der Waals surface area (Å²) in [7, 11) is 2.16. The van der Waals surface area contributed by atoms with Crippen LogP contribution in [-0.2, 0) is 0 Å². The topological polar surface area (TPSA) is 61.4 Å². The summed E-state index contributed by atoms with van der Waals surface area (Å²) in [5.74, 6) is -0.0854. The van der Waals surface area contributed by atoms with E-state index in [1.807, 2.05) is 55.5 Å². The number of benzene rings is 2. The van der Waals surface area contributed by atoms with Gasteiger partial charge < -0.3 is 15.1 Å². The molecule has 1 fully saturated rings. The molecule has 30 heavy (non-hydrogen) atoms. The van der Waals surface area contributed by atoms with Crippen LogP contribution in [-0.4, -0.2) is 72.2 Å². The fourth-order valence-corrected chi connectivity index (χ4v) is 3.91. The maximum atomic E-state index is 13.3. The van der Waals surface area contributed by atoms with Crippen molar-refractivity contribution in [1.82, 2.24) is 25.3 Å². The van der Waals surface area contributed by atoms with Crippen molar-refractivity contribution in [3.05, 3.63) is 59.7 Å². The molecule has 156 valence electrons. The minimum atomic E-state index is -0.0854. The first kappa shape index (κ1) is 20.4. The number of carbonyl (C=O) groups is 1. The van der Waals surface area contributed by atoms with Crippen molar-refractivity contribution < 1.29 is 4.79 Å². The van der Waals surface area contributed by atoms with Gasteiger partial charge in [0.05, 0.1) is 11.1 Å². The predicted molar refractivity (Wildman–Crippen MR) is 121 cm³/mol. The van der Waals surface area contributed by atoms with Crippen LogP contribution in [0.15, 0.2) is 48.5 Å². The predicted octanol–water partition coefficient (Wildman–Crippen LogP) is 2.97. The lowest BCUT2D eigenvalue weighted by Crippen LogP contribution is -2.45. The molecule has 0 unspecified atom stereocenters. The number of likely N-dealkylation sites (N-methyl/N-ethyl adjacent to an activating group) is 1. The molecule has 1 aliphatic rings. The van der Waals surface area contributed by atoms with E-state index in [2.05, 4.69) is 32.4 Å². The largest absolute Gasteiger partial charge is 0.352 e. The fourth-order valence-electron chi connectivity index (χ4n) is 3.91. The van der Waals surface area contributed by atoms with Gasteiger partial charge in [-0.05, 0) is 39.1 Å². The number of aromatic nitrogens is 2. The van der Waals surface area contributed by atoms with Crippen LogP contribution >= 0.6 is 0 Å². The van der Waals surface area contributed by atoms with E-state index in [0.717, 1.165) is 61.2 Å². The third kappa shape index (κ3) is 4.66. The van der Waals surface area contributed by atoms with Gasteiger partial charge in [0.15, 0.2) is 0 Å². The molecule has 2 aromatic carbocycles. The van der Waals surface area contributed by atoms with Crippen LogP contribution in [0.5, 0.6) is 0 Å². The number of amides is 1. The molecule has 0 bridgehead atoms. The van der Waals surface area contributed by atoms with Gasteiger partial charge in [0.25, 0.3) is 5.91 Å². The lowest BCUT2D eigenvalue weighted by atomic mass is 10.00. The van der Waals surface area contributed by atoms with Crippen molar-refractivity contribution in [3.63, 3.8) is 0 Å². The molecule has 0 spiro atoms. The van der Waals surface area contributed by atoms with E-state index >= 15 is 0 Å². The molecule has 6 heteroatoms. The Morgan fingerprint density at radius 3 is 2.57 bits per heavy atom. The second-order valence-electron chi connectivity index (χ2n) is 8.06. The maximum Gasteiger partial charge on any atom is 0.254 e. The number of aryl methyl sites for hydroxylation is 1. The number of nitrogens with zero attached hydrogens (tertiary/aromatic N) is 4. The Morgan fingerprint density at radius 2 is 1.80 bits per heavy atom. The van der Waals surface area contributed by atoms with Crippen LogP contribution in [0.2, 0.25) is 0 Å². The Labute approximate surface area is 177 Å². The molecule has 4 rings (SSSR count). The number of nitrogens with one attached hydrogen (secondary N) is 1. The SMILES string of the molecule is Cc1ccc2nnc(-c3ccccc3)c(C(=O)NCCCN3CCN(C)CC3)c2c1. The molecule has 6 nitrogen and oxygen atoms in total. The minimum Gasteiger partial charge on any atom is -0.352 e. The van der Waals surface area contributed by atoms with Gasteiger partial charge in [0.2, 0.25) is 0 Å². The zero-order chi connectivity index (χ0) is 20.9. The van der Waals surface area contributed by atoms with Gasteiger partial charge in [0.1, 0.15) is 5.69 Å². The molecule has 0 aliphatic carbocycles. The van der Waals surface area contributed by atoms with Gasteiger partial charge in [0, 0.05) is 43.7 Å². The molecular weight excluding hydrogens is 374 g/mol. The van der Waals surface area contributed by atoms with Gasteiger partial charge in [-0.15, -0.1) is 10.2 Å². The summed E-state index contributed by atoms with van der Waals surface area (Å²) in [4.78, 5) is 18.1. The van der Waals surface area contributed by atoms with Gasteiger partial charge >= 0.3 is 0 Å². The first-order chi connectivity index (χ1) is 14.6. The van der Waals surface area contributed by atoms with Crippen molar-refractivity contribution in [2.24, 2.45) is 0 Å². The fraction of sp³-hybridized carbons (Fsp3) is 0.375. The number of rotatable bonds is 6. The van der Waals surface area contributed by atoms with Gasteiger partial charge in [-0.1, -0.05) is 42.0 Å². The van der Waals surface area contributed by atoms with Crippen molar-refractivity contribution in [1.29, 1.82) is 0 Å². The summed E-state index contributed by atoms with van der Waals surface area (Å²) in [6, 6.07) is 15.7. The Kier molecular flexibility index (Phi) is 6.35. The molecule has 1 aromatic heterocycles. The van der Waals surface area contributed by atoms with Crippen LogP contribution in [0, 0.1) is 6.92 Å². The van der Waals surface area contributed by atoms with Crippen molar-refractivity contribution in [2.75, 3.05) is 46.3 Å². The second-order valence-corrected chi connectivity index (χ2v) is 8.06. The summed E-state index contributed by atoms with van der Waals surface area (Å²) in [5.41, 5.74) is 3.97. The standard InChI is InChI=1S/C24H29N5O/c1-18-9-10-21-20(17-18)22(23(27-26-21)19-7-4-3-5-8-19)24(30)25-11-6-12-29-15-13-28(2)14-16-29/h3-5,7-10,17H,6,11-16H2,1-2H3,(H,25,30). The molecule has 1 amide bonds. The second kappa shape index (κ2) is 9.32. The van der Waals surface area contributed by atoms with E-state index in [1.54, 1.807) is 0 Å². The number of fused-ring (bicyclic) bond motifs is 1. The molecule has 0 saturated carbocycles. The van der Waals surface area contributed by atoms with E-state index < -0.39 is 0 Å². The van der Waals surface area contributed by atoms with Crippen molar-refractivity contribution >= 4 is 16.8 Å². The molecule has 0 radical (unpaired) electrons. The van der Waals surface area contributed by atoms with Crippen LogP contribution < -0.4 is 5.32 Å². The van der Waals surface area contributed by atoms with Gasteiger partial charge in [-0.3, -0.25) is 4.79 Å².